The fraction of sp³-hybridized carbons (Fsp3) is 0.316. The molecule has 26 heavy (non-hydrogen) atoms. The molecular weight excluding hydrogens is 336 g/mol. The van der Waals surface area contributed by atoms with Gasteiger partial charge >= 0.3 is 5.97 Å². The highest BCUT2D eigenvalue weighted by atomic mass is 16.5. The summed E-state index contributed by atoms with van der Waals surface area (Å²) in [6.45, 7) is 7.25. The summed E-state index contributed by atoms with van der Waals surface area (Å²) in [7, 11) is 0. The zero-order valence-corrected chi connectivity index (χ0v) is 15.2. The van der Waals surface area contributed by atoms with Crippen molar-refractivity contribution in [2.75, 3.05) is 6.61 Å². The van der Waals surface area contributed by atoms with Crippen LogP contribution in [0.2, 0.25) is 0 Å². The number of hydrogen-bond donors (Lipinski definition) is 0. The Balaban J connectivity index is 1.71. The lowest BCUT2D eigenvalue weighted by Gasteiger charge is -2.08. The van der Waals surface area contributed by atoms with E-state index in [9.17, 15) is 9.59 Å². The summed E-state index contributed by atoms with van der Waals surface area (Å²) in [4.78, 5) is 24.7. The second kappa shape index (κ2) is 7.03. The molecule has 0 saturated carbocycles. The minimum atomic E-state index is -0.612. The van der Waals surface area contributed by atoms with Gasteiger partial charge in [0.1, 0.15) is 17.1 Å². The van der Waals surface area contributed by atoms with Crippen LogP contribution in [0.25, 0.3) is 0 Å². The van der Waals surface area contributed by atoms with Crippen molar-refractivity contribution in [3.8, 4) is 0 Å². The molecule has 136 valence electrons. The van der Waals surface area contributed by atoms with E-state index in [1.165, 1.54) is 0 Å². The molecule has 7 heteroatoms. The highest BCUT2D eigenvalue weighted by Crippen LogP contribution is 2.19. The quantitative estimate of drug-likeness (QED) is 0.497. The first-order valence-corrected chi connectivity index (χ1v) is 8.20. The number of hydrogen-bond acceptors (Lipinski definition) is 6. The van der Waals surface area contributed by atoms with Crippen molar-refractivity contribution in [2.24, 2.45) is 0 Å². The maximum atomic E-state index is 12.5. The molecule has 0 spiro atoms. The average Bonchev–Trinajstić information content (AvgIpc) is 3.30. The summed E-state index contributed by atoms with van der Waals surface area (Å²) < 4.78 is 17.5. The maximum absolute atomic E-state index is 12.5. The van der Waals surface area contributed by atoms with Gasteiger partial charge in [0.25, 0.3) is 0 Å². The van der Waals surface area contributed by atoms with Crippen LogP contribution in [0.1, 0.15) is 49.3 Å². The summed E-state index contributed by atoms with van der Waals surface area (Å²) in [5.74, 6) is 0.301. The highest BCUT2D eigenvalue weighted by molar-refractivity contribution is 6.00. The standard InChI is InChI=1S/C19H20N2O5/c1-11-8-16(13(3)21(11)9-15-6-5-7-24-15)17(22)10-25-19(23)18-12(2)20-26-14(18)4/h5-8H,9-10H2,1-4H3. The first-order chi connectivity index (χ1) is 12.4. The number of rotatable bonds is 6. The third-order valence-corrected chi connectivity index (χ3v) is 4.34. The van der Waals surface area contributed by atoms with Gasteiger partial charge in [0, 0.05) is 17.0 Å². The summed E-state index contributed by atoms with van der Waals surface area (Å²) in [5, 5.41) is 3.71. The van der Waals surface area contributed by atoms with Gasteiger partial charge in [0.05, 0.1) is 18.5 Å². The van der Waals surface area contributed by atoms with E-state index in [0.717, 1.165) is 17.1 Å². The van der Waals surface area contributed by atoms with Crippen LogP contribution in [0, 0.1) is 27.7 Å². The maximum Gasteiger partial charge on any atom is 0.344 e. The van der Waals surface area contributed by atoms with Gasteiger partial charge in [-0.3, -0.25) is 4.79 Å². The van der Waals surface area contributed by atoms with Crippen LogP contribution in [0.3, 0.4) is 0 Å². The molecule has 0 aliphatic heterocycles. The molecule has 3 heterocycles. The molecule has 0 N–H and O–H groups in total. The predicted octanol–water partition coefficient (Wildman–Crippen LogP) is 3.39. The third kappa shape index (κ3) is 3.33. The lowest BCUT2D eigenvalue weighted by molar-refractivity contribution is 0.0472. The monoisotopic (exact) mass is 356 g/mol. The van der Waals surface area contributed by atoms with Crippen LogP contribution in [0.4, 0.5) is 0 Å². The molecule has 0 saturated heterocycles. The van der Waals surface area contributed by atoms with Crippen LogP contribution in [0.15, 0.2) is 33.4 Å². The summed E-state index contributed by atoms with van der Waals surface area (Å²) >= 11 is 0. The van der Waals surface area contributed by atoms with Crippen molar-refractivity contribution in [3.63, 3.8) is 0 Å². The smallest absolute Gasteiger partial charge is 0.344 e. The Morgan fingerprint density at radius 3 is 2.62 bits per heavy atom. The van der Waals surface area contributed by atoms with Crippen LogP contribution < -0.4 is 0 Å². The molecule has 0 fully saturated rings. The first kappa shape index (κ1) is 17.7. The Kier molecular flexibility index (Phi) is 4.79. The van der Waals surface area contributed by atoms with Gasteiger partial charge in [0.15, 0.2) is 6.61 Å². The van der Waals surface area contributed by atoms with Gasteiger partial charge in [-0.2, -0.15) is 0 Å². The number of ether oxygens (including phenoxy) is 1. The van der Waals surface area contributed by atoms with Crippen molar-refractivity contribution in [2.45, 2.75) is 34.2 Å². The third-order valence-electron chi connectivity index (χ3n) is 4.34. The normalized spacial score (nSPS) is 10.9. The number of ketones is 1. The van der Waals surface area contributed by atoms with Crippen molar-refractivity contribution >= 4 is 11.8 Å². The van der Waals surface area contributed by atoms with E-state index in [0.29, 0.717) is 23.6 Å². The zero-order valence-electron chi connectivity index (χ0n) is 15.2. The minimum Gasteiger partial charge on any atom is -0.467 e. The molecule has 0 aliphatic carbocycles. The number of furan rings is 1. The molecule has 0 amide bonds. The van der Waals surface area contributed by atoms with Crippen molar-refractivity contribution in [1.82, 2.24) is 9.72 Å². The molecule has 7 nitrogen and oxygen atoms in total. The Labute approximate surface area is 150 Å². The van der Waals surface area contributed by atoms with Crippen molar-refractivity contribution in [3.05, 3.63) is 64.2 Å². The number of aryl methyl sites for hydroxylation is 3. The average molecular weight is 356 g/mol. The van der Waals surface area contributed by atoms with Crippen LogP contribution in [-0.2, 0) is 11.3 Å². The molecule has 0 radical (unpaired) electrons. The number of carbonyl (C=O) groups excluding carboxylic acids is 2. The van der Waals surface area contributed by atoms with E-state index in [1.54, 1.807) is 26.2 Å². The van der Waals surface area contributed by atoms with Gasteiger partial charge < -0.3 is 18.2 Å². The summed E-state index contributed by atoms with van der Waals surface area (Å²) in [6.07, 6.45) is 1.61. The van der Waals surface area contributed by atoms with E-state index in [4.69, 9.17) is 13.7 Å². The number of nitrogens with zero attached hydrogens (tertiary/aromatic N) is 2. The van der Waals surface area contributed by atoms with E-state index >= 15 is 0 Å². The molecule has 0 unspecified atom stereocenters. The van der Waals surface area contributed by atoms with Gasteiger partial charge in [-0.25, -0.2) is 4.79 Å². The first-order valence-electron chi connectivity index (χ1n) is 8.20. The van der Waals surface area contributed by atoms with E-state index in [-0.39, 0.29) is 18.0 Å². The SMILES string of the molecule is Cc1noc(C)c1C(=O)OCC(=O)c1cc(C)n(Cc2ccco2)c1C. The van der Waals surface area contributed by atoms with Crippen LogP contribution >= 0.6 is 0 Å². The molecule has 0 bridgehead atoms. The fourth-order valence-corrected chi connectivity index (χ4v) is 2.94. The van der Waals surface area contributed by atoms with Crippen molar-refractivity contribution in [1.29, 1.82) is 0 Å². The van der Waals surface area contributed by atoms with E-state index in [2.05, 4.69) is 5.16 Å². The summed E-state index contributed by atoms with van der Waals surface area (Å²) in [5.41, 5.74) is 2.97. The minimum absolute atomic E-state index is 0.260. The predicted molar refractivity (Wildman–Crippen MR) is 92.3 cm³/mol. The lowest BCUT2D eigenvalue weighted by Crippen LogP contribution is -2.16. The molecule has 0 aliphatic rings. The number of Topliss-reactive ketones (excluding diaryl/α,β-unsaturated/α-hetero) is 1. The Morgan fingerprint density at radius 1 is 1.23 bits per heavy atom. The molecule has 0 aromatic carbocycles. The highest BCUT2D eigenvalue weighted by Gasteiger charge is 2.22. The Bertz CT molecular complexity index is 928. The van der Waals surface area contributed by atoms with Gasteiger partial charge in [-0.05, 0) is 45.9 Å². The molecule has 3 aromatic rings. The molecular formula is C19H20N2O5. The zero-order chi connectivity index (χ0) is 18.8. The summed E-state index contributed by atoms with van der Waals surface area (Å²) in [6, 6.07) is 5.50. The molecule has 3 aromatic heterocycles. The van der Waals surface area contributed by atoms with Gasteiger partial charge in [-0.15, -0.1) is 0 Å². The largest absolute Gasteiger partial charge is 0.467 e. The van der Waals surface area contributed by atoms with Gasteiger partial charge in [0.2, 0.25) is 5.78 Å². The fourth-order valence-electron chi connectivity index (χ4n) is 2.94. The van der Waals surface area contributed by atoms with E-state index in [1.807, 2.05) is 30.5 Å². The van der Waals surface area contributed by atoms with E-state index < -0.39 is 5.97 Å². The second-order valence-corrected chi connectivity index (χ2v) is 6.15. The van der Waals surface area contributed by atoms with Gasteiger partial charge in [-0.1, -0.05) is 5.16 Å². The van der Waals surface area contributed by atoms with Crippen LogP contribution in [-0.4, -0.2) is 28.1 Å². The molecule has 3 rings (SSSR count). The number of esters is 1. The molecule has 0 atom stereocenters. The number of carbonyl (C=O) groups is 2. The van der Waals surface area contributed by atoms with Crippen LogP contribution in [0.5, 0.6) is 0 Å². The second-order valence-electron chi connectivity index (χ2n) is 6.15. The topological polar surface area (TPSA) is 87.5 Å². The number of aromatic nitrogens is 2. The lowest BCUT2D eigenvalue weighted by atomic mass is 10.1. The Hall–Kier alpha value is -3.09. The van der Waals surface area contributed by atoms with Crippen molar-refractivity contribution < 1.29 is 23.3 Å². The Morgan fingerprint density at radius 2 is 2.00 bits per heavy atom.